The third-order valence-electron chi connectivity index (χ3n) is 3.96. The minimum atomic E-state index is 0.704. The summed E-state index contributed by atoms with van der Waals surface area (Å²) >= 11 is 1.80. The Balaban J connectivity index is 1.84. The molecular formula is C15H11N5S. The van der Waals surface area contributed by atoms with E-state index in [1.165, 1.54) is 28.7 Å². The molecule has 5 rings (SSSR count). The van der Waals surface area contributed by atoms with Gasteiger partial charge in [-0.05, 0) is 37.0 Å². The Morgan fingerprint density at radius 3 is 3.14 bits per heavy atom. The molecule has 0 spiro atoms. The quantitative estimate of drug-likeness (QED) is 0.541. The molecule has 0 atom stereocenters. The number of thiophene rings is 1. The van der Waals surface area contributed by atoms with Crippen molar-refractivity contribution in [2.75, 3.05) is 0 Å². The summed E-state index contributed by atoms with van der Waals surface area (Å²) in [6.07, 6.45) is 8.85. The first kappa shape index (κ1) is 11.3. The van der Waals surface area contributed by atoms with Gasteiger partial charge in [-0.15, -0.1) is 16.4 Å². The normalized spacial score (nSPS) is 14.1. The Morgan fingerprint density at radius 1 is 1.24 bits per heavy atom. The van der Waals surface area contributed by atoms with E-state index in [1.807, 2.05) is 12.1 Å². The van der Waals surface area contributed by atoms with Crippen LogP contribution in [0.15, 0.2) is 30.9 Å². The van der Waals surface area contributed by atoms with Crippen LogP contribution >= 0.6 is 11.3 Å². The lowest BCUT2D eigenvalue weighted by molar-refractivity contribution is 0.914. The lowest BCUT2D eigenvalue weighted by Crippen LogP contribution is -1.90. The Morgan fingerprint density at radius 2 is 2.24 bits per heavy atom. The Kier molecular flexibility index (Phi) is 2.20. The first-order valence-corrected chi connectivity index (χ1v) is 7.78. The predicted octanol–water partition coefficient (Wildman–Crippen LogP) is 2.89. The molecule has 0 radical (unpaired) electrons. The molecule has 5 nitrogen and oxygen atoms in total. The van der Waals surface area contributed by atoms with Crippen molar-refractivity contribution in [2.24, 2.45) is 0 Å². The lowest BCUT2D eigenvalue weighted by atomic mass is 10.2. The molecule has 0 aromatic carbocycles. The van der Waals surface area contributed by atoms with E-state index in [0.29, 0.717) is 5.82 Å². The van der Waals surface area contributed by atoms with Gasteiger partial charge in [-0.25, -0.2) is 14.5 Å². The van der Waals surface area contributed by atoms with Crippen molar-refractivity contribution in [3.8, 4) is 11.4 Å². The van der Waals surface area contributed by atoms with Gasteiger partial charge in [0, 0.05) is 22.8 Å². The van der Waals surface area contributed by atoms with Crippen molar-refractivity contribution in [2.45, 2.75) is 19.3 Å². The van der Waals surface area contributed by atoms with Crippen molar-refractivity contribution in [3.63, 3.8) is 0 Å². The molecule has 1 aliphatic carbocycles. The molecule has 1 aliphatic rings. The van der Waals surface area contributed by atoms with Gasteiger partial charge < -0.3 is 0 Å². The van der Waals surface area contributed by atoms with Crippen LogP contribution in [0.4, 0.5) is 0 Å². The predicted molar refractivity (Wildman–Crippen MR) is 81.4 cm³/mol. The highest BCUT2D eigenvalue weighted by Gasteiger charge is 2.22. The third-order valence-corrected chi connectivity index (χ3v) is 5.16. The van der Waals surface area contributed by atoms with Gasteiger partial charge in [0.25, 0.3) is 0 Å². The van der Waals surface area contributed by atoms with Gasteiger partial charge in [0.2, 0.25) is 0 Å². The molecule has 0 fully saturated rings. The van der Waals surface area contributed by atoms with E-state index in [9.17, 15) is 0 Å². The second-order valence-electron chi connectivity index (χ2n) is 5.23. The summed E-state index contributed by atoms with van der Waals surface area (Å²) in [7, 11) is 0. The van der Waals surface area contributed by atoms with Gasteiger partial charge in [0.05, 0.1) is 5.39 Å². The summed E-state index contributed by atoms with van der Waals surface area (Å²) in [5, 5.41) is 5.74. The molecule has 21 heavy (non-hydrogen) atoms. The molecule has 0 N–H and O–H groups in total. The van der Waals surface area contributed by atoms with Crippen LogP contribution in [0.1, 0.15) is 16.9 Å². The van der Waals surface area contributed by atoms with E-state index >= 15 is 0 Å². The van der Waals surface area contributed by atoms with Gasteiger partial charge >= 0.3 is 0 Å². The average molecular weight is 293 g/mol. The van der Waals surface area contributed by atoms with Crippen LogP contribution in [0.5, 0.6) is 0 Å². The van der Waals surface area contributed by atoms with Crippen LogP contribution < -0.4 is 0 Å². The number of nitrogens with zero attached hydrogens (tertiary/aromatic N) is 5. The van der Waals surface area contributed by atoms with Crippen molar-refractivity contribution < 1.29 is 0 Å². The maximum absolute atomic E-state index is 4.74. The highest BCUT2D eigenvalue weighted by molar-refractivity contribution is 7.19. The highest BCUT2D eigenvalue weighted by Crippen LogP contribution is 2.38. The molecule has 4 aromatic rings. The van der Waals surface area contributed by atoms with Gasteiger partial charge in [0.15, 0.2) is 11.5 Å². The molecule has 0 unspecified atom stereocenters. The topological polar surface area (TPSA) is 56.0 Å². The summed E-state index contributed by atoms with van der Waals surface area (Å²) < 4.78 is 1.79. The fraction of sp³-hybridized carbons (Fsp3) is 0.200. The van der Waals surface area contributed by atoms with E-state index < -0.39 is 0 Å². The molecule has 6 heteroatoms. The number of pyridine rings is 1. The molecule has 4 heterocycles. The molecule has 0 saturated carbocycles. The fourth-order valence-electron chi connectivity index (χ4n) is 3.01. The van der Waals surface area contributed by atoms with Crippen LogP contribution in [0.2, 0.25) is 0 Å². The summed E-state index contributed by atoms with van der Waals surface area (Å²) in [6, 6.07) is 3.88. The average Bonchev–Trinajstić information content (AvgIpc) is 3.20. The minimum Gasteiger partial charge on any atom is -0.264 e. The number of aryl methyl sites for hydroxylation is 2. The smallest absolute Gasteiger partial charge is 0.183 e. The van der Waals surface area contributed by atoms with Gasteiger partial charge in [-0.1, -0.05) is 0 Å². The number of hydrogen-bond acceptors (Lipinski definition) is 5. The van der Waals surface area contributed by atoms with Crippen molar-refractivity contribution in [1.29, 1.82) is 0 Å². The van der Waals surface area contributed by atoms with Crippen LogP contribution in [0.25, 0.3) is 27.3 Å². The van der Waals surface area contributed by atoms with E-state index in [1.54, 1.807) is 34.6 Å². The van der Waals surface area contributed by atoms with Gasteiger partial charge in [0.1, 0.15) is 11.2 Å². The molecule has 0 amide bonds. The van der Waals surface area contributed by atoms with Gasteiger partial charge in [-0.2, -0.15) is 0 Å². The second kappa shape index (κ2) is 4.08. The maximum atomic E-state index is 4.74. The number of rotatable bonds is 1. The lowest BCUT2D eigenvalue weighted by Gasteiger charge is -1.95. The largest absolute Gasteiger partial charge is 0.264 e. The first-order valence-electron chi connectivity index (χ1n) is 6.96. The Bertz CT molecular complexity index is 970. The van der Waals surface area contributed by atoms with Gasteiger partial charge in [-0.3, -0.25) is 4.98 Å². The molecular weight excluding hydrogens is 282 g/mol. The number of fused-ring (bicyclic) bond motifs is 5. The Hall–Kier alpha value is -2.34. The van der Waals surface area contributed by atoms with E-state index in [4.69, 9.17) is 4.98 Å². The standard InChI is InChI=1S/C15H11N5S/c1-4-10-11(5-1)21-15-12(10)14-18-13(19-20(14)8-17-15)9-3-2-6-16-7-9/h2-3,6-8H,1,4-5H2. The van der Waals surface area contributed by atoms with E-state index in [2.05, 4.69) is 15.1 Å². The number of aromatic nitrogens is 5. The van der Waals surface area contributed by atoms with Crippen molar-refractivity contribution in [3.05, 3.63) is 41.3 Å². The van der Waals surface area contributed by atoms with Crippen molar-refractivity contribution >= 4 is 27.2 Å². The monoisotopic (exact) mass is 293 g/mol. The molecule has 0 aliphatic heterocycles. The highest BCUT2D eigenvalue weighted by atomic mass is 32.1. The summed E-state index contributed by atoms with van der Waals surface area (Å²) in [5.41, 5.74) is 3.28. The van der Waals surface area contributed by atoms with E-state index in [0.717, 1.165) is 22.5 Å². The third kappa shape index (κ3) is 1.56. The minimum absolute atomic E-state index is 0.704. The van der Waals surface area contributed by atoms with Crippen LogP contribution in [0.3, 0.4) is 0 Å². The second-order valence-corrected chi connectivity index (χ2v) is 6.31. The van der Waals surface area contributed by atoms with Crippen LogP contribution in [0, 0.1) is 0 Å². The fourth-order valence-corrected chi connectivity index (χ4v) is 4.23. The summed E-state index contributed by atoms with van der Waals surface area (Å²) in [6.45, 7) is 0. The molecule has 0 saturated heterocycles. The summed E-state index contributed by atoms with van der Waals surface area (Å²) in [4.78, 5) is 16.0. The maximum Gasteiger partial charge on any atom is 0.183 e. The molecule has 4 aromatic heterocycles. The molecule has 102 valence electrons. The van der Waals surface area contributed by atoms with E-state index in [-0.39, 0.29) is 0 Å². The zero-order valence-electron chi connectivity index (χ0n) is 11.2. The zero-order valence-corrected chi connectivity index (χ0v) is 12.0. The molecule has 0 bridgehead atoms. The Labute approximate surface area is 124 Å². The summed E-state index contributed by atoms with van der Waals surface area (Å²) in [5.74, 6) is 0.704. The number of hydrogen-bond donors (Lipinski definition) is 0. The first-order chi connectivity index (χ1) is 10.4. The van der Waals surface area contributed by atoms with Crippen LogP contribution in [-0.4, -0.2) is 24.6 Å². The SMILES string of the molecule is c1cncc(-c2nc3c4c5c(sc4ncn3n2)CCC5)c1. The zero-order chi connectivity index (χ0) is 13.8. The van der Waals surface area contributed by atoms with Crippen molar-refractivity contribution in [1.82, 2.24) is 24.6 Å². The van der Waals surface area contributed by atoms with Crippen LogP contribution in [-0.2, 0) is 12.8 Å².